The van der Waals surface area contributed by atoms with Crippen molar-refractivity contribution in [3.8, 4) is 11.1 Å². The van der Waals surface area contributed by atoms with Crippen LogP contribution in [0, 0.1) is 6.08 Å². The van der Waals surface area contributed by atoms with Crippen LogP contribution < -0.4 is 5.32 Å². The van der Waals surface area contributed by atoms with Crippen LogP contribution in [0.25, 0.3) is 59.8 Å². The first-order valence-corrected chi connectivity index (χ1v) is 14.0. The van der Waals surface area contributed by atoms with Crippen molar-refractivity contribution in [2.24, 2.45) is 0 Å². The smallest absolute Gasteiger partial charge is 0.161 e. The molecule has 1 nitrogen and oxygen atoms in total. The van der Waals surface area contributed by atoms with Crippen LogP contribution in [0.15, 0.2) is 157 Å². The van der Waals surface area contributed by atoms with E-state index in [4.69, 9.17) is 0 Å². The second-order valence-electron chi connectivity index (χ2n) is 10.6. The first kappa shape index (κ1) is 23.4. The van der Waals surface area contributed by atoms with Gasteiger partial charge in [0.1, 0.15) is 17.7 Å². The summed E-state index contributed by atoms with van der Waals surface area (Å²) in [7, 11) is 0. The lowest BCUT2D eigenvalue weighted by atomic mass is 9.91. The van der Waals surface area contributed by atoms with Crippen LogP contribution in [0.5, 0.6) is 0 Å². The molecule has 1 heteroatoms. The Morgan fingerprint density at radius 3 is 1.61 bits per heavy atom. The standard InChI is InChI=1S/C40H26N/c1-3-13-31-28(11-1)25-38(35-17-7-5-15-33(31)35)27-21-23-30(24-22-27)41-40-20-10-9-19-37(40)39-26-29-12-2-4-14-32(29)34-16-6-8-18-36(34)39/h1-8,10-26,41H/q+1. The molecule has 0 aromatic heterocycles. The van der Waals surface area contributed by atoms with Crippen molar-refractivity contribution in [1.29, 1.82) is 0 Å². The van der Waals surface area contributed by atoms with Gasteiger partial charge in [0.15, 0.2) is 5.70 Å². The lowest BCUT2D eigenvalue weighted by molar-refractivity contribution is 1.45. The second-order valence-corrected chi connectivity index (χ2v) is 10.6. The Morgan fingerprint density at radius 1 is 0.463 bits per heavy atom. The highest BCUT2D eigenvalue weighted by molar-refractivity contribution is 6.14. The Labute approximate surface area is 239 Å². The van der Waals surface area contributed by atoms with Gasteiger partial charge in [-0.2, -0.15) is 0 Å². The van der Waals surface area contributed by atoms with Crippen molar-refractivity contribution in [2.45, 2.75) is 0 Å². The van der Waals surface area contributed by atoms with Crippen LogP contribution in [-0.2, 0) is 0 Å². The fraction of sp³-hybridized carbons (Fsp3) is 0. The second kappa shape index (κ2) is 9.61. The number of fused-ring (bicyclic) bond motifs is 6. The molecular formula is C40H26N+. The lowest BCUT2D eigenvalue weighted by Gasteiger charge is -2.14. The topological polar surface area (TPSA) is 12.0 Å². The van der Waals surface area contributed by atoms with Gasteiger partial charge in [-0.1, -0.05) is 109 Å². The SMILES string of the molecule is [C+]1=CC(c2cc3ccccc3c3ccccc23)=C(Nc2ccc(-c3cc4ccccc4c4ccccc34)cc2)C=C1. The Balaban J connectivity index is 1.21. The highest BCUT2D eigenvalue weighted by Gasteiger charge is 2.20. The van der Waals surface area contributed by atoms with Gasteiger partial charge in [0.2, 0.25) is 0 Å². The zero-order valence-electron chi connectivity index (χ0n) is 22.4. The minimum Gasteiger partial charge on any atom is -0.333 e. The Bertz CT molecular complexity index is 2210. The normalized spacial score (nSPS) is 12.9. The van der Waals surface area contributed by atoms with Gasteiger partial charge in [-0.25, -0.2) is 0 Å². The zero-order valence-corrected chi connectivity index (χ0v) is 22.4. The van der Waals surface area contributed by atoms with E-state index in [0.29, 0.717) is 0 Å². The molecule has 1 aliphatic carbocycles. The maximum atomic E-state index is 3.71. The largest absolute Gasteiger partial charge is 0.333 e. The number of anilines is 1. The third-order valence-electron chi connectivity index (χ3n) is 8.17. The van der Waals surface area contributed by atoms with E-state index >= 15 is 0 Å². The molecule has 8 rings (SSSR count). The quantitative estimate of drug-likeness (QED) is 0.180. The summed E-state index contributed by atoms with van der Waals surface area (Å²) in [6.45, 7) is 0. The molecule has 0 unspecified atom stereocenters. The predicted octanol–water partition coefficient (Wildman–Crippen LogP) is 10.7. The van der Waals surface area contributed by atoms with Crippen molar-refractivity contribution < 1.29 is 0 Å². The molecule has 1 aliphatic rings. The Morgan fingerprint density at radius 2 is 0.976 bits per heavy atom. The van der Waals surface area contributed by atoms with Crippen molar-refractivity contribution in [2.75, 3.05) is 5.32 Å². The van der Waals surface area contributed by atoms with Crippen LogP contribution in [0.3, 0.4) is 0 Å². The predicted molar refractivity (Wildman–Crippen MR) is 176 cm³/mol. The van der Waals surface area contributed by atoms with Gasteiger partial charge >= 0.3 is 0 Å². The monoisotopic (exact) mass is 520 g/mol. The number of allylic oxidation sites excluding steroid dienone is 5. The number of hydrogen-bond acceptors (Lipinski definition) is 1. The minimum absolute atomic E-state index is 1.05. The molecule has 0 amide bonds. The maximum Gasteiger partial charge on any atom is 0.161 e. The molecule has 0 aliphatic heterocycles. The van der Waals surface area contributed by atoms with Crippen molar-refractivity contribution in [1.82, 2.24) is 0 Å². The van der Waals surface area contributed by atoms with Gasteiger partial charge in [-0.15, -0.1) is 0 Å². The van der Waals surface area contributed by atoms with Crippen molar-refractivity contribution in [3.05, 3.63) is 169 Å². The van der Waals surface area contributed by atoms with Crippen LogP contribution in [-0.4, -0.2) is 0 Å². The van der Waals surface area contributed by atoms with Gasteiger partial charge in [0, 0.05) is 22.7 Å². The fourth-order valence-corrected chi connectivity index (χ4v) is 6.22. The summed E-state index contributed by atoms with van der Waals surface area (Å²) in [6, 6.07) is 48.1. The molecule has 0 bridgehead atoms. The molecule has 0 radical (unpaired) electrons. The van der Waals surface area contributed by atoms with Gasteiger partial charge in [0.25, 0.3) is 0 Å². The summed E-state index contributed by atoms with van der Waals surface area (Å²) in [6.07, 6.45) is 9.50. The summed E-state index contributed by atoms with van der Waals surface area (Å²) >= 11 is 0. The van der Waals surface area contributed by atoms with E-state index in [9.17, 15) is 0 Å². The van der Waals surface area contributed by atoms with Crippen molar-refractivity contribution >= 4 is 54.4 Å². The molecule has 1 N–H and O–H groups in total. The molecule has 0 fully saturated rings. The van der Waals surface area contributed by atoms with Crippen LogP contribution in [0.4, 0.5) is 5.69 Å². The molecule has 7 aromatic carbocycles. The summed E-state index contributed by atoms with van der Waals surface area (Å²) < 4.78 is 0. The summed E-state index contributed by atoms with van der Waals surface area (Å²) in [5, 5.41) is 13.8. The molecular weight excluding hydrogens is 494 g/mol. The average Bonchev–Trinajstić information content (AvgIpc) is 3.05. The van der Waals surface area contributed by atoms with Crippen LogP contribution in [0.1, 0.15) is 5.56 Å². The highest BCUT2D eigenvalue weighted by Crippen LogP contribution is 2.37. The number of rotatable bonds is 4. The van der Waals surface area contributed by atoms with Gasteiger partial charge in [0.05, 0.1) is 6.08 Å². The van der Waals surface area contributed by atoms with Crippen LogP contribution >= 0.6 is 0 Å². The van der Waals surface area contributed by atoms with E-state index in [1.165, 1.54) is 59.8 Å². The first-order valence-electron chi connectivity index (χ1n) is 14.0. The fourth-order valence-electron chi connectivity index (χ4n) is 6.22. The maximum absolute atomic E-state index is 3.71. The average molecular weight is 521 g/mol. The molecule has 0 heterocycles. The summed E-state index contributed by atoms with van der Waals surface area (Å²) in [5.74, 6) is 0. The van der Waals surface area contributed by atoms with Gasteiger partial charge < -0.3 is 5.32 Å². The summed E-state index contributed by atoms with van der Waals surface area (Å²) in [4.78, 5) is 0. The lowest BCUT2D eigenvalue weighted by Crippen LogP contribution is -2.03. The Kier molecular flexibility index (Phi) is 5.48. The molecule has 190 valence electrons. The van der Waals surface area contributed by atoms with Gasteiger partial charge in [-0.3, -0.25) is 0 Å². The van der Waals surface area contributed by atoms with E-state index in [-0.39, 0.29) is 0 Å². The molecule has 0 atom stereocenters. The number of benzene rings is 7. The molecule has 0 saturated carbocycles. The minimum atomic E-state index is 1.05. The zero-order chi connectivity index (χ0) is 27.2. The first-order chi connectivity index (χ1) is 20.3. The van der Waals surface area contributed by atoms with E-state index in [0.717, 1.165) is 17.0 Å². The van der Waals surface area contributed by atoms with Crippen molar-refractivity contribution in [3.63, 3.8) is 0 Å². The Hall–Kier alpha value is -5.49. The van der Waals surface area contributed by atoms with E-state index in [2.05, 4.69) is 157 Å². The molecule has 0 saturated heterocycles. The number of nitrogens with one attached hydrogen (secondary N) is 1. The molecule has 0 spiro atoms. The van der Waals surface area contributed by atoms with E-state index in [1.54, 1.807) is 0 Å². The molecule has 41 heavy (non-hydrogen) atoms. The number of hydrogen-bond donors (Lipinski definition) is 1. The van der Waals surface area contributed by atoms with E-state index < -0.39 is 0 Å². The van der Waals surface area contributed by atoms with E-state index in [1.807, 2.05) is 6.08 Å². The summed E-state index contributed by atoms with van der Waals surface area (Å²) in [5.41, 5.74) is 6.92. The van der Waals surface area contributed by atoms with Gasteiger partial charge in [-0.05, 0) is 73.1 Å². The highest BCUT2D eigenvalue weighted by atomic mass is 14.9. The third-order valence-corrected chi connectivity index (χ3v) is 8.17. The molecule has 7 aromatic rings. The third kappa shape index (κ3) is 4.00. The van der Waals surface area contributed by atoms with Crippen LogP contribution in [0.2, 0.25) is 0 Å².